The number of hydrogen-bond acceptors (Lipinski definition) is 3. The van der Waals surface area contributed by atoms with E-state index in [1.54, 1.807) is 6.20 Å². The molecule has 0 saturated carbocycles. The lowest BCUT2D eigenvalue weighted by molar-refractivity contribution is 0.147. The maximum absolute atomic E-state index is 5.88. The molecular weight excluding hydrogens is 178 g/mol. The molecule has 0 amide bonds. The highest BCUT2D eigenvalue weighted by Gasteiger charge is 2.15. The number of aromatic nitrogens is 2. The summed E-state index contributed by atoms with van der Waals surface area (Å²) in [7, 11) is 0. The molecule has 1 fully saturated rings. The van der Waals surface area contributed by atoms with Gasteiger partial charge in [0, 0.05) is 12.6 Å². The molecule has 14 heavy (non-hydrogen) atoms. The normalized spacial score (nSPS) is 18.4. The maximum Gasteiger partial charge on any atom is 0.211 e. The summed E-state index contributed by atoms with van der Waals surface area (Å²) in [4.78, 5) is 0. The lowest BCUT2D eigenvalue weighted by Crippen LogP contribution is -2.34. The Morgan fingerprint density at radius 1 is 1.57 bits per heavy atom. The smallest absolute Gasteiger partial charge is 0.211 e. The summed E-state index contributed by atoms with van der Waals surface area (Å²) < 4.78 is 7.77. The van der Waals surface area contributed by atoms with Crippen molar-refractivity contribution in [2.75, 3.05) is 13.1 Å². The lowest BCUT2D eigenvalue weighted by Gasteiger charge is -2.23. The van der Waals surface area contributed by atoms with Crippen molar-refractivity contribution < 1.29 is 4.74 Å². The van der Waals surface area contributed by atoms with Crippen LogP contribution in [-0.4, -0.2) is 29.0 Å². The summed E-state index contributed by atoms with van der Waals surface area (Å²) in [5, 5.41) is 7.50. The highest BCUT2D eigenvalue weighted by Crippen LogP contribution is 2.15. The van der Waals surface area contributed by atoms with E-state index in [1.165, 1.54) is 0 Å². The lowest BCUT2D eigenvalue weighted by atomic mass is 10.1. The molecular formula is C10H17N3O. The molecule has 78 valence electrons. The average Bonchev–Trinajstić information content (AvgIpc) is 2.67. The third-order valence-corrected chi connectivity index (χ3v) is 2.55. The summed E-state index contributed by atoms with van der Waals surface area (Å²) in [5.41, 5.74) is 0. The molecule has 0 atom stereocenters. The Bertz CT molecular complexity index is 279. The SMILES string of the molecule is CCn1nccc1OC1CCNCC1. The van der Waals surface area contributed by atoms with Gasteiger partial charge in [-0.05, 0) is 32.9 Å². The molecule has 0 bridgehead atoms. The molecule has 4 heteroatoms. The van der Waals surface area contributed by atoms with Crippen LogP contribution in [0.3, 0.4) is 0 Å². The van der Waals surface area contributed by atoms with Crippen LogP contribution in [0.2, 0.25) is 0 Å². The van der Waals surface area contributed by atoms with Gasteiger partial charge < -0.3 is 10.1 Å². The largest absolute Gasteiger partial charge is 0.474 e. The van der Waals surface area contributed by atoms with Gasteiger partial charge in [0.05, 0.1) is 6.20 Å². The molecule has 1 aromatic heterocycles. The quantitative estimate of drug-likeness (QED) is 0.783. The second kappa shape index (κ2) is 4.46. The van der Waals surface area contributed by atoms with Crippen molar-refractivity contribution in [2.45, 2.75) is 32.4 Å². The van der Waals surface area contributed by atoms with Gasteiger partial charge in [-0.2, -0.15) is 5.10 Å². The maximum atomic E-state index is 5.88. The minimum absolute atomic E-state index is 0.359. The van der Waals surface area contributed by atoms with Gasteiger partial charge in [0.25, 0.3) is 0 Å². The number of piperidine rings is 1. The summed E-state index contributed by atoms with van der Waals surface area (Å²) >= 11 is 0. The first-order chi connectivity index (χ1) is 6.90. The molecule has 0 aliphatic carbocycles. The van der Waals surface area contributed by atoms with Gasteiger partial charge in [0.15, 0.2) is 0 Å². The second-order valence-electron chi connectivity index (χ2n) is 3.55. The molecule has 0 aromatic carbocycles. The van der Waals surface area contributed by atoms with E-state index in [4.69, 9.17) is 4.74 Å². The van der Waals surface area contributed by atoms with Gasteiger partial charge in [-0.1, -0.05) is 0 Å². The number of hydrogen-bond donors (Lipinski definition) is 1. The summed E-state index contributed by atoms with van der Waals surface area (Å²) in [5.74, 6) is 0.902. The minimum atomic E-state index is 0.359. The van der Waals surface area contributed by atoms with E-state index in [0.717, 1.165) is 38.4 Å². The Balaban J connectivity index is 1.95. The zero-order chi connectivity index (χ0) is 9.80. The summed E-state index contributed by atoms with van der Waals surface area (Å²) in [6.45, 7) is 5.06. The standard InChI is InChI=1S/C10H17N3O/c1-2-13-10(5-8-12-13)14-9-3-6-11-7-4-9/h5,8-9,11H,2-4,6-7H2,1H3. The van der Waals surface area contributed by atoms with E-state index >= 15 is 0 Å². The first-order valence-electron chi connectivity index (χ1n) is 5.29. The van der Waals surface area contributed by atoms with Gasteiger partial charge in [0.1, 0.15) is 6.10 Å². The molecule has 4 nitrogen and oxygen atoms in total. The number of nitrogens with zero attached hydrogens (tertiary/aromatic N) is 2. The van der Waals surface area contributed by atoms with E-state index in [1.807, 2.05) is 10.7 Å². The minimum Gasteiger partial charge on any atom is -0.474 e. The van der Waals surface area contributed by atoms with Crippen molar-refractivity contribution in [2.24, 2.45) is 0 Å². The highest BCUT2D eigenvalue weighted by molar-refractivity contribution is 5.08. The van der Waals surface area contributed by atoms with Crippen molar-refractivity contribution in [3.8, 4) is 5.88 Å². The Kier molecular flexibility index (Phi) is 3.03. The summed E-state index contributed by atoms with van der Waals surface area (Å²) in [6.07, 6.45) is 4.34. The summed E-state index contributed by atoms with van der Waals surface area (Å²) in [6, 6.07) is 1.94. The monoisotopic (exact) mass is 195 g/mol. The number of rotatable bonds is 3. The van der Waals surface area contributed by atoms with Crippen LogP contribution in [-0.2, 0) is 6.54 Å². The van der Waals surface area contributed by atoms with Crippen LogP contribution in [0.5, 0.6) is 5.88 Å². The van der Waals surface area contributed by atoms with Gasteiger partial charge in [0.2, 0.25) is 5.88 Å². The molecule has 0 radical (unpaired) electrons. The predicted molar refractivity (Wildman–Crippen MR) is 54.4 cm³/mol. The fourth-order valence-corrected chi connectivity index (χ4v) is 1.74. The van der Waals surface area contributed by atoms with Gasteiger partial charge in [-0.15, -0.1) is 0 Å². The zero-order valence-electron chi connectivity index (χ0n) is 8.57. The fourth-order valence-electron chi connectivity index (χ4n) is 1.74. The van der Waals surface area contributed by atoms with E-state index in [0.29, 0.717) is 6.10 Å². The average molecular weight is 195 g/mol. The van der Waals surface area contributed by atoms with E-state index in [2.05, 4.69) is 17.3 Å². The predicted octanol–water partition coefficient (Wildman–Crippen LogP) is 1.03. The van der Waals surface area contributed by atoms with E-state index in [-0.39, 0.29) is 0 Å². The zero-order valence-corrected chi connectivity index (χ0v) is 8.57. The molecule has 0 unspecified atom stereocenters. The molecule has 1 aromatic rings. The van der Waals surface area contributed by atoms with Crippen LogP contribution >= 0.6 is 0 Å². The Labute approximate surface area is 84.3 Å². The Hall–Kier alpha value is -1.03. The van der Waals surface area contributed by atoms with Crippen molar-refractivity contribution in [3.05, 3.63) is 12.3 Å². The van der Waals surface area contributed by atoms with Crippen LogP contribution in [0, 0.1) is 0 Å². The molecule has 1 aliphatic heterocycles. The topological polar surface area (TPSA) is 39.1 Å². The Morgan fingerprint density at radius 2 is 2.36 bits per heavy atom. The number of ether oxygens (including phenoxy) is 1. The highest BCUT2D eigenvalue weighted by atomic mass is 16.5. The van der Waals surface area contributed by atoms with Gasteiger partial charge in [-0.3, -0.25) is 0 Å². The molecule has 2 heterocycles. The Morgan fingerprint density at radius 3 is 3.07 bits per heavy atom. The van der Waals surface area contributed by atoms with E-state index < -0.39 is 0 Å². The molecule has 2 rings (SSSR count). The first kappa shape index (κ1) is 9.52. The second-order valence-corrected chi connectivity index (χ2v) is 3.55. The molecule has 1 aliphatic rings. The van der Waals surface area contributed by atoms with Crippen LogP contribution in [0.1, 0.15) is 19.8 Å². The third-order valence-electron chi connectivity index (χ3n) is 2.55. The molecule has 1 saturated heterocycles. The molecule has 1 N–H and O–H groups in total. The third kappa shape index (κ3) is 2.07. The van der Waals surface area contributed by atoms with Crippen LogP contribution in [0.15, 0.2) is 12.3 Å². The molecule has 0 spiro atoms. The first-order valence-corrected chi connectivity index (χ1v) is 5.29. The van der Waals surface area contributed by atoms with Crippen LogP contribution < -0.4 is 10.1 Å². The van der Waals surface area contributed by atoms with Crippen molar-refractivity contribution in [3.63, 3.8) is 0 Å². The van der Waals surface area contributed by atoms with Gasteiger partial charge >= 0.3 is 0 Å². The van der Waals surface area contributed by atoms with Crippen LogP contribution in [0.4, 0.5) is 0 Å². The van der Waals surface area contributed by atoms with Crippen molar-refractivity contribution >= 4 is 0 Å². The fraction of sp³-hybridized carbons (Fsp3) is 0.700. The van der Waals surface area contributed by atoms with Gasteiger partial charge in [-0.25, -0.2) is 4.68 Å². The number of aryl methyl sites for hydroxylation is 1. The number of nitrogens with one attached hydrogen (secondary N) is 1. The van der Waals surface area contributed by atoms with Crippen molar-refractivity contribution in [1.29, 1.82) is 0 Å². The van der Waals surface area contributed by atoms with E-state index in [9.17, 15) is 0 Å². The van der Waals surface area contributed by atoms with Crippen molar-refractivity contribution in [1.82, 2.24) is 15.1 Å². The van der Waals surface area contributed by atoms with Crippen LogP contribution in [0.25, 0.3) is 0 Å².